The summed E-state index contributed by atoms with van der Waals surface area (Å²) >= 11 is 1.50. The number of ether oxygens (including phenoxy) is 2. The monoisotopic (exact) mass is 298 g/mol. The SMILES string of the molecule is CCSc1cccc(OCCOC(C)(C)C)c1C(=O)O. The Kier molecular flexibility index (Phi) is 6.36. The van der Waals surface area contributed by atoms with Crippen LogP contribution in [-0.4, -0.2) is 35.6 Å². The van der Waals surface area contributed by atoms with E-state index in [-0.39, 0.29) is 11.2 Å². The topological polar surface area (TPSA) is 55.8 Å². The first-order chi connectivity index (χ1) is 9.35. The zero-order chi connectivity index (χ0) is 15.2. The molecule has 0 saturated heterocycles. The normalized spacial score (nSPS) is 11.4. The molecule has 0 bridgehead atoms. The number of aromatic carboxylic acids is 1. The first kappa shape index (κ1) is 16.9. The number of hydrogen-bond acceptors (Lipinski definition) is 4. The van der Waals surface area contributed by atoms with E-state index < -0.39 is 5.97 Å². The summed E-state index contributed by atoms with van der Waals surface area (Å²) in [5.41, 5.74) is 0.00827. The van der Waals surface area contributed by atoms with Crippen molar-refractivity contribution in [3.63, 3.8) is 0 Å². The van der Waals surface area contributed by atoms with Crippen LogP contribution in [0.3, 0.4) is 0 Å². The van der Waals surface area contributed by atoms with Gasteiger partial charge >= 0.3 is 5.97 Å². The number of benzene rings is 1. The van der Waals surface area contributed by atoms with Crippen LogP contribution in [0, 0.1) is 0 Å². The lowest BCUT2D eigenvalue weighted by molar-refractivity contribution is -0.0164. The molecule has 0 aromatic heterocycles. The third-order valence-corrected chi connectivity index (χ3v) is 3.32. The summed E-state index contributed by atoms with van der Waals surface area (Å²) in [4.78, 5) is 12.1. The van der Waals surface area contributed by atoms with Crippen molar-refractivity contribution in [1.82, 2.24) is 0 Å². The van der Waals surface area contributed by atoms with Gasteiger partial charge < -0.3 is 14.6 Å². The highest BCUT2D eigenvalue weighted by Crippen LogP contribution is 2.30. The fourth-order valence-corrected chi connectivity index (χ4v) is 2.44. The molecule has 0 radical (unpaired) electrons. The van der Waals surface area contributed by atoms with Crippen LogP contribution in [0.2, 0.25) is 0 Å². The first-order valence-corrected chi connectivity index (χ1v) is 7.59. The Bertz CT molecular complexity index is 452. The lowest BCUT2D eigenvalue weighted by atomic mass is 10.2. The molecular formula is C15H22O4S. The van der Waals surface area contributed by atoms with Gasteiger partial charge in [-0.15, -0.1) is 11.8 Å². The van der Waals surface area contributed by atoms with Crippen molar-refractivity contribution in [2.45, 2.75) is 38.2 Å². The van der Waals surface area contributed by atoms with E-state index in [0.717, 1.165) is 10.6 Å². The lowest BCUT2D eigenvalue weighted by Crippen LogP contribution is -2.22. The molecule has 1 rings (SSSR count). The van der Waals surface area contributed by atoms with Crippen LogP contribution in [0.15, 0.2) is 23.1 Å². The summed E-state index contributed by atoms with van der Waals surface area (Å²) in [5, 5.41) is 9.33. The minimum absolute atomic E-state index is 0.223. The molecule has 0 aliphatic rings. The molecule has 20 heavy (non-hydrogen) atoms. The Morgan fingerprint density at radius 2 is 2.00 bits per heavy atom. The third-order valence-electron chi connectivity index (χ3n) is 2.38. The Labute approximate surface area is 124 Å². The molecule has 0 saturated carbocycles. The molecule has 0 amide bonds. The molecular weight excluding hydrogens is 276 g/mol. The van der Waals surface area contributed by atoms with Gasteiger partial charge in [-0.2, -0.15) is 0 Å². The Balaban J connectivity index is 2.74. The fourth-order valence-electron chi connectivity index (χ4n) is 1.62. The van der Waals surface area contributed by atoms with E-state index in [4.69, 9.17) is 9.47 Å². The average molecular weight is 298 g/mol. The molecule has 1 N–H and O–H groups in total. The van der Waals surface area contributed by atoms with Crippen molar-refractivity contribution in [2.75, 3.05) is 19.0 Å². The number of carboxylic acid groups (broad SMARTS) is 1. The summed E-state index contributed by atoms with van der Waals surface area (Å²) in [5.74, 6) is 0.249. The van der Waals surface area contributed by atoms with Crippen molar-refractivity contribution >= 4 is 17.7 Å². The number of rotatable bonds is 7. The quantitative estimate of drug-likeness (QED) is 0.614. The van der Waals surface area contributed by atoms with Gasteiger partial charge in [0.05, 0.1) is 12.2 Å². The van der Waals surface area contributed by atoms with Crippen molar-refractivity contribution < 1.29 is 19.4 Å². The van der Waals surface area contributed by atoms with Gasteiger partial charge in [0.15, 0.2) is 0 Å². The maximum absolute atomic E-state index is 11.4. The van der Waals surface area contributed by atoms with Gasteiger partial charge in [-0.1, -0.05) is 13.0 Å². The molecule has 4 nitrogen and oxygen atoms in total. The van der Waals surface area contributed by atoms with Crippen LogP contribution in [0.25, 0.3) is 0 Å². The van der Waals surface area contributed by atoms with Crippen molar-refractivity contribution in [1.29, 1.82) is 0 Å². The summed E-state index contributed by atoms with van der Waals surface area (Å²) in [6.07, 6.45) is 0. The summed E-state index contributed by atoms with van der Waals surface area (Å²) < 4.78 is 11.1. The second-order valence-electron chi connectivity index (χ2n) is 5.18. The minimum Gasteiger partial charge on any atom is -0.490 e. The molecule has 112 valence electrons. The molecule has 0 aliphatic heterocycles. The van der Waals surface area contributed by atoms with Gasteiger partial charge in [0.1, 0.15) is 17.9 Å². The number of carbonyl (C=O) groups is 1. The zero-order valence-electron chi connectivity index (χ0n) is 12.4. The molecule has 0 heterocycles. The maximum Gasteiger partial charge on any atom is 0.340 e. The smallest absolute Gasteiger partial charge is 0.340 e. The van der Waals surface area contributed by atoms with Crippen LogP contribution < -0.4 is 4.74 Å². The Morgan fingerprint density at radius 1 is 1.30 bits per heavy atom. The fraction of sp³-hybridized carbons (Fsp3) is 0.533. The van der Waals surface area contributed by atoms with Crippen molar-refractivity contribution in [3.8, 4) is 5.75 Å². The average Bonchev–Trinajstić information content (AvgIpc) is 2.33. The molecule has 0 spiro atoms. The van der Waals surface area contributed by atoms with E-state index in [1.165, 1.54) is 11.8 Å². The first-order valence-electron chi connectivity index (χ1n) is 6.61. The molecule has 1 aromatic rings. The van der Waals surface area contributed by atoms with E-state index >= 15 is 0 Å². The molecule has 0 unspecified atom stereocenters. The van der Waals surface area contributed by atoms with E-state index in [9.17, 15) is 9.90 Å². The third kappa shape index (κ3) is 5.43. The second-order valence-corrected chi connectivity index (χ2v) is 6.48. The van der Waals surface area contributed by atoms with Crippen molar-refractivity contribution in [2.24, 2.45) is 0 Å². The summed E-state index contributed by atoms with van der Waals surface area (Å²) in [7, 11) is 0. The number of thioether (sulfide) groups is 1. The van der Waals surface area contributed by atoms with Crippen LogP contribution in [0.4, 0.5) is 0 Å². The Hall–Kier alpha value is -1.20. The number of hydrogen-bond donors (Lipinski definition) is 1. The Morgan fingerprint density at radius 3 is 2.55 bits per heavy atom. The van der Waals surface area contributed by atoms with E-state index in [0.29, 0.717) is 19.0 Å². The largest absolute Gasteiger partial charge is 0.490 e. The predicted octanol–water partition coefficient (Wildman–Crippen LogP) is 3.69. The highest BCUT2D eigenvalue weighted by Gasteiger charge is 2.17. The van der Waals surface area contributed by atoms with Gasteiger partial charge in [-0.25, -0.2) is 4.79 Å². The standard InChI is InChI=1S/C15H22O4S/c1-5-20-12-8-6-7-11(13(12)14(16)17)18-9-10-19-15(2,3)4/h6-8H,5,9-10H2,1-4H3,(H,16,17). The van der Waals surface area contributed by atoms with Crippen LogP contribution in [0.1, 0.15) is 38.1 Å². The predicted molar refractivity (Wildman–Crippen MR) is 81.0 cm³/mol. The van der Waals surface area contributed by atoms with Gasteiger partial charge in [0, 0.05) is 4.90 Å². The number of carboxylic acids is 1. The zero-order valence-corrected chi connectivity index (χ0v) is 13.3. The summed E-state index contributed by atoms with van der Waals surface area (Å²) in [6.45, 7) is 8.64. The van der Waals surface area contributed by atoms with Gasteiger partial charge in [-0.05, 0) is 38.7 Å². The summed E-state index contributed by atoms with van der Waals surface area (Å²) in [6, 6.07) is 5.29. The molecule has 1 aromatic carbocycles. The van der Waals surface area contributed by atoms with Gasteiger partial charge in [0.25, 0.3) is 0 Å². The van der Waals surface area contributed by atoms with Crippen LogP contribution >= 0.6 is 11.8 Å². The van der Waals surface area contributed by atoms with Crippen molar-refractivity contribution in [3.05, 3.63) is 23.8 Å². The second kappa shape index (κ2) is 7.55. The highest BCUT2D eigenvalue weighted by atomic mass is 32.2. The maximum atomic E-state index is 11.4. The van der Waals surface area contributed by atoms with E-state index in [2.05, 4.69) is 0 Å². The van der Waals surface area contributed by atoms with Gasteiger partial charge in [-0.3, -0.25) is 0 Å². The molecule has 0 fully saturated rings. The highest BCUT2D eigenvalue weighted by molar-refractivity contribution is 7.99. The van der Waals surface area contributed by atoms with Gasteiger partial charge in [0.2, 0.25) is 0 Å². The van der Waals surface area contributed by atoms with E-state index in [1.54, 1.807) is 12.1 Å². The molecule has 0 aliphatic carbocycles. The minimum atomic E-state index is -0.965. The van der Waals surface area contributed by atoms with Crippen LogP contribution in [-0.2, 0) is 4.74 Å². The van der Waals surface area contributed by atoms with Crippen LogP contribution in [0.5, 0.6) is 5.75 Å². The molecule has 0 atom stereocenters. The lowest BCUT2D eigenvalue weighted by Gasteiger charge is -2.20. The van der Waals surface area contributed by atoms with E-state index in [1.807, 2.05) is 33.8 Å². The molecule has 5 heteroatoms.